The number of hydrogen-bond acceptors (Lipinski definition) is 2. The van der Waals surface area contributed by atoms with Crippen molar-refractivity contribution in [2.45, 2.75) is 0 Å². The molecule has 0 radical (unpaired) electrons. The zero-order chi connectivity index (χ0) is 16.8. The molecule has 26 heavy (non-hydrogen) atoms. The van der Waals surface area contributed by atoms with Crippen molar-refractivity contribution in [2.75, 3.05) is 4.81 Å². The summed E-state index contributed by atoms with van der Waals surface area (Å²) >= 11 is 0. The maximum absolute atomic E-state index is 5.93. The first-order valence-corrected chi connectivity index (χ1v) is 8.91. The predicted octanol–water partition coefficient (Wildman–Crippen LogP) is 4.76. The van der Waals surface area contributed by atoms with E-state index in [2.05, 4.69) is 82.1 Å². The van der Waals surface area contributed by atoms with Gasteiger partial charge in [0.25, 0.3) is 0 Å². The van der Waals surface area contributed by atoms with Crippen molar-refractivity contribution in [3.63, 3.8) is 0 Å². The van der Waals surface area contributed by atoms with Gasteiger partial charge in [-0.3, -0.25) is 0 Å². The second-order valence-electron chi connectivity index (χ2n) is 7.03. The summed E-state index contributed by atoms with van der Waals surface area (Å²) in [6.45, 7) is 0.0958. The fourth-order valence-corrected chi connectivity index (χ4v) is 4.89. The minimum Gasteiger partial charge on any atom is -0.465 e. The second-order valence-corrected chi connectivity index (χ2v) is 7.03. The standard InChI is InChI=1S/C22H13BN2O/c1-3-9-18-14(6-1)15-8-5-11-20-21(15)25(18)23-17-12-13-26-22(17)16-7-2-4-10-19(16)24(20)23/h1-13H. The Labute approximate surface area is 150 Å². The van der Waals surface area contributed by atoms with E-state index in [0.29, 0.717) is 0 Å². The molecule has 0 amide bonds. The molecule has 4 heteroatoms. The molecule has 0 fully saturated rings. The van der Waals surface area contributed by atoms with Crippen LogP contribution in [0.1, 0.15) is 0 Å². The highest BCUT2D eigenvalue weighted by Crippen LogP contribution is 2.48. The predicted molar refractivity (Wildman–Crippen MR) is 107 cm³/mol. The van der Waals surface area contributed by atoms with Crippen LogP contribution in [-0.4, -0.2) is 11.5 Å². The van der Waals surface area contributed by atoms with Crippen LogP contribution in [0, 0.1) is 0 Å². The first-order chi connectivity index (χ1) is 12.9. The lowest BCUT2D eigenvalue weighted by molar-refractivity contribution is 0.583. The number of benzene rings is 3. The first kappa shape index (κ1) is 12.9. The van der Waals surface area contributed by atoms with Crippen LogP contribution in [0.15, 0.2) is 83.5 Å². The Kier molecular flexibility index (Phi) is 2.09. The van der Waals surface area contributed by atoms with E-state index in [0.717, 1.165) is 11.3 Å². The third-order valence-corrected chi connectivity index (χ3v) is 5.84. The van der Waals surface area contributed by atoms with Gasteiger partial charge in [0.1, 0.15) is 5.76 Å². The average molecular weight is 332 g/mol. The Balaban J connectivity index is 1.71. The summed E-state index contributed by atoms with van der Waals surface area (Å²) < 4.78 is 8.41. The quantitative estimate of drug-likeness (QED) is 0.381. The van der Waals surface area contributed by atoms with E-state index in [1.165, 1.54) is 38.6 Å². The van der Waals surface area contributed by atoms with E-state index < -0.39 is 0 Å². The number of para-hydroxylation sites is 3. The molecule has 0 unspecified atom stereocenters. The molecule has 0 atom stereocenters. The van der Waals surface area contributed by atoms with Crippen molar-refractivity contribution in [3.8, 4) is 11.3 Å². The summed E-state index contributed by atoms with van der Waals surface area (Å²) in [5, 5.41) is 2.63. The molecular formula is C22H13BN2O. The van der Waals surface area contributed by atoms with Crippen LogP contribution in [-0.2, 0) is 0 Å². The highest BCUT2D eigenvalue weighted by Gasteiger charge is 2.45. The molecule has 0 saturated carbocycles. The number of fused-ring (bicyclic) bond motifs is 11. The molecule has 0 spiro atoms. The molecule has 2 aromatic heterocycles. The molecule has 0 saturated heterocycles. The van der Waals surface area contributed by atoms with E-state index in [4.69, 9.17) is 4.42 Å². The summed E-state index contributed by atoms with van der Waals surface area (Å²) in [6, 6.07) is 26.0. The molecule has 0 N–H and O–H groups in total. The fourth-order valence-electron chi connectivity index (χ4n) is 4.89. The van der Waals surface area contributed by atoms with Crippen LogP contribution in [0.3, 0.4) is 0 Å². The molecule has 3 nitrogen and oxygen atoms in total. The van der Waals surface area contributed by atoms with Crippen LogP contribution in [0.4, 0.5) is 11.4 Å². The lowest BCUT2D eigenvalue weighted by Gasteiger charge is -2.32. The minimum absolute atomic E-state index is 0.0958. The zero-order valence-electron chi connectivity index (χ0n) is 13.9. The maximum Gasteiger partial charge on any atom is 0.424 e. The minimum atomic E-state index is 0.0958. The third kappa shape index (κ3) is 1.28. The molecule has 2 aliphatic rings. The van der Waals surface area contributed by atoms with Gasteiger partial charge in [-0.15, -0.1) is 0 Å². The normalized spacial score (nSPS) is 14.0. The van der Waals surface area contributed by atoms with Crippen LogP contribution in [0.5, 0.6) is 0 Å². The summed E-state index contributed by atoms with van der Waals surface area (Å²) in [6.07, 6.45) is 1.82. The van der Waals surface area contributed by atoms with Gasteiger partial charge in [0.2, 0.25) is 0 Å². The number of aromatic nitrogens is 1. The molecule has 3 aromatic carbocycles. The van der Waals surface area contributed by atoms with Crippen LogP contribution < -0.4 is 10.3 Å². The third-order valence-electron chi connectivity index (χ3n) is 5.84. The number of furan rings is 1. The van der Waals surface area contributed by atoms with Gasteiger partial charge in [-0.2, -0.15) is 0 Å². The molecule has 4 heterocycles. The Morgan fingerprint density at radius 2 is 1.54 bits per heavy atom. The van der Waals surface area contributed by atoms with Crippen molar-refractivity contribution in [1.29, 1.82) is 0 Å². The van der Waals surface area contributed by atoms with Gasteiger partial charge in [0.05, 0.1) is 17.5 Å². The van der Waals surface area contributed by atoms with Gasteiger partial charge in [-0.1, -0.05) is 42.5 Å². The maximum atomic E-state index is 5.93. The summed E-state index contributed by atoms with van der Waals surface area (Å²) in [5.74, 6) is 0.987. The molecule has 2 aliphatic heterocycles. The summed E-state index contributed by atoms with van der Waals surface area (Å²) in [5.41, 5.74) is 7.44. The largest absolute Gasteiger partial charge is 0.465 e. The average Bonchev–Trinajstić information content (AvgIpc) is 3.39. The highest BCUT2D eigenvalue weighted by molar-refractivity contribution is 6.82. The van der Waals surface area contributed by atoms with Gasteiger partial charge < -0.3 is 13.7 Å². The number of nitrogens with zero attached hydrogens (tertiary/aromatic N) is 2. The number of rotatable bonds is 0. The topological polar surface area (TPSA) is 21.3 Å². The lowest BCUT2D eigenvalue weighted by Crippen LogP contribution is -2.50. The molecule has 120 valence electrons. The first-order valence-electron chi connectivity index (χ1n) is 8.91. The molecule has 5 aromatic rings. The summed E-state index contributed by atoms with van der Waals surface area (Å²) in [7, 11) is 0. The highest BCUT2D eigenvalue weighted by atomic mass is 16.3. The molecule has 0 aliphatic carbocycles. The van der Waals surface area contributed by atoms with E-state index in [1.54, 1.807) is 0 Å². The Hall–Kier alpha value is -3.40. The molecule has 0 bridgehead atoms. The van der Waals surface area contributed by atoms with Crippen molar-refractivity contribution in [2.24, 2.45) is 0 Å². The van der Waals surface area contributed by atoms with Gasteiger partial charge >= 0.3 is 6.98 Å². The van der Waals surface area contributed by atoms with Crippen molar-refractivity contribution in [1.82, 2.24) is 4.48 Å². The second kappa shape index (κ2) is 4.22. The molecular weight excluding hydrogens is 319 g/mol. The van der Waals surface area contributed by atoms with E-state index in [-0.39, 0.29) is 6.98 Å². The van der Waals surface area contributed by atoms with E-state index in [9.17, 15) is 0 Å². The Morgan fingerprint density at radius 3 is 2.54 bits per heavy atom. The van der Waals surface area contributed by atoms with Gasteiger partial charge in [0, 0.05) is 33.0 Å². The van der Waals surface area contributed by atoms with Gasteiger partial charge in [-0.25, -0.2) is 0 Å². The van der Waals surface area contributed by atoms with Gasteiger partial charge in [0.15, 0.2) is 0 Å². The Morgan fingerprint density at radius 1 is 0.731 bits per heavy atom. The summed E-state index contributed by atoms with van der Waals surface area (Å²) in [4.78, 5) is 2.46. The number of hydrogen-bond donors (Lipinski definition) is 0. The van der Waals surface area contributed by atoms with Crippen LogP contribution >= 0.6 is 0 Å². The monoisotopic (exact) mass is 332 g/mol. The van der Waals surface area contributed by atoms with Crippen LogP contribution in [0.2, 0.25) is 0 Å². The van der Waals surface area contributed by atoms with Gasteiger partial charge in [-0.05, 0) is 30.3 Å². The fraction of sp³-hybridized carbons (Fsp3) is 0. The van der Waals surface area contributed by atoms with Crippen LogP contribution in [0.25, 0.3) is 33.1 Å². The van der Waals surface area contributed by atoms with Crippen molar-refractivity contribution in [3.05, 3.63) is 79.1 Å². The van der Waals surface area contributed by atoms with Crippen molar-refractivity contribution < 1.29 is 4.42 Å². The SMILES string of the molecule is c1ccc2c(c1)-c1occc1B1N2c2cccc3c4ccccc4n1c23. The Bertz CT molecular complexity index is 1360. The molecule has 7 rings (SSSR count). The zero-order valence-corrected chi connectivity index (χ0v) is 13.9. The van der Waals surface area contributed by atoms with Crippen molar-refractivity contribution >= 4 is 45.6 Å². The lowest BCUT2D eigenvalue weighted by atomic mass is 9.62. The number of anilines is 2. The smallest absolute Gasteiger partial charge is 0.424 e. The van der Waals surface area contributed by atoms with E-state index in [1.807, 2.05) is 6.26 Å². The van der Waals surface area contributed by atoms with E-state index >= 15 is 0 Å².